The van der Waals surface area contributed by atoms with Crippen molar-refractivity contribution in [3.8, 4) is 0 Å². The predicted molar refractivity (Wildman–Crippen MR) is 66.5 cm³/mol. The maximum absolute atomic E-state index is 13.2. The molecule has 1 rings (SSSR count). The normalized spacial score (nSPS) is 12.2. The van der Waals surface area contributed by atoms with Gasteiger partial charge in [-0.25, -0.2) is 4.39 Å². The van der Waals surface area contributed by atoms with Crippen LogP contribution in [0.15, 0.2) is 18.2 Å². The van der Waals surface area contributed by atoms with Gasteiger partial charge < -0.3 is 10.6 Å². The molecule has 0 bridgehead atoms. The number of hydrogen-bond acceptors (Lipinski definition) is 2. The van der Waals surface area contributed by atoms with E-state index in [1.807, 2.05) is 6.92 Å². The minimum absolute atomic E-state index is 0.0213. The summed E-state index contributed by atoms with van der Waals surface area (Å²) in [6.45, 7) is 2.46. The van der Waals surface area contributed by atoms with Crippen molar-refractivity contribution in [2.24, 2.45) is 0 Å². The number of benzene rings is 1. The summed E-state index contributed by atoms with van der Waals surface area (Å²) in [6.07, 6.45) is 0.400. The third-order valence-corrected chi connectivity index (χ3v) is 2.83. The second-order valence-electron chi connectivity index (χ2n) is 3.77. The van der Waals surface area contributed by atoms with Gasteiger partial charge in [0.1, 0.15) is 5.82 Å². The molecule has 0 aromatic heterocycles. The first-order valence-electron chi connectivity index (χ1n) is 5.43. The van der Waals surface area contributed by atoms with E-state index in [2.05, 4.69) is 10.6 Å². The number of carbonyl (C=O) groups is 1. The second kappa shape index (κ2) is 6.57. The minimum atomic E-state index is -0.427. The molecule has 1 aromatic carbocycles. The monoisotopic (exact) mass is 258 g/mol. The van der Waals surface area contributed by atoms with Gasteiger partial charge in [-0.3, -0.25) is 4.79 Å². The van der Waals surface area contributed by atoms with E-state index in [4.69, 9.17) is 11.6 Å². The molecule has 3 nitrogen and oxygen atoms in total. The fourth-order valence-electron chi connectivity index (χ4n) is 1.43. The van der Waals surface area contributed by atoms with E-state index in [0.29, 0.717) is 13.0 Å². The Kier molecular flexibility index (Phi) is 5.38. The maximum Gasteiger partial charge on any atom is 0.221 e. The Morgan fingerprint density at radius 1 is 1.53 bits per heavy atom. The SMILES string of the molecule is CNC(=O)CCNC(C)c1ccc(Cl)c(F)c1. The Balaban J connectivity index is 2.49. The first kappa shape index (κ1) is 13.9. The summed E-state index contributed by atoms with van der Waals surface area (Å²) in [5, 5.41) is 5.80. The molecule has 0 aliphatic rings. The van der Waals surface area contributed by atoms with Crippen molar-refractivity contribution in [3.63, 3.8) is 0 Å². The highest BCUT2D eigenvalue weighted by Gasteiger charge is 2.08. The van der Waals surface area contributed by atoms with E-state index in [0.717, 1.165) is 5.56 Å². The van der Waals surface area contributed by atoms with Gasteiger partial charge in [0.25, 0.3) is 0 Å². The summed E-state index contributed by atoms with van der Waals surface area (Å²) in [6, 6.07) is 4.68. The van der Waals surface area contributed by atoms with Gasteiger partial charge in [-0.2, -0.15) is 0 Å². The van der Waals surface area contributed by atoms with Crippen LogP contribution >= 0.6 is 11.6 Å². The Hall–Kier alpha value is -1.13. The Labute approximate surface area is 105 Å². The lowest BCUT2D eigenvalue weighted by Crippen LogP contribution is -2.26. The van der Waals surface area contributed by atoms with E-state index in [-0.39, 0.29) is 17.0 Å². The first-order valence-corrected chi connectivity index (χ1v) is 5.81. The molecule has 0 aliphatic heterocycles. The molecule has 0 aliphatic carbocycles. The van der Waals surface area contributed by atoms with Crippen LogP contribution < -0.4 is 10.6 Å². The van der Waals surface area contributed by atoms with Gasteiger partial charge in [-0.15, -0.1) is 0 Å². The molecule has 0 spiro atoms. The zero-order valence-corrected chi connectivity index (χ0v) is 10.6. The summed E-state index contributed by atoms with van der Waals surface area (Å²) in [5.41, 5.74) is 0.809. The molecule has 0 radical (unpaired) electrons. The number of nitrogens with one attached hydrogen (secondary N) is 2. The number of carbonyl (C=O) groups excluding carboxylic acids is 1. The second-order valence-corrected chi connectivity index (χ2v) is 4.18. The molecule has 1 aromatic rings. The Morgan fingerprint density at radius 2 is 2.24 bits per heavy atom. The maximum atomic E-state index is 13.2. The van der Waals surface area contributed by atoms with Gasteiger partial charge in [0.2, 0.25) is 5.91 Å². The Morgan fingerprint density at radius 3 is 2.82 bits per heavy atom. The lowest BCUT2D eigenvalue weighted by atomic mass is 10.1. The lowest BCUT2D eigenvalue weighted by molar-refractivity contribution is -0.120. The average molecular weight is 259 g/mol. The van der Waals surface area contributed by atoms with Crippen molar-refractivity contribution >= 4 is 17.5 Å². The van der Waals surface area contributed by atoms with E-state index >= 15 is 0 Å². The molecule has 0 saturated heterocycles. The molecule has 5 heteroatoms. The van der Waals surface area contributed by atoms with E-state index in [1.165, 1.54) is 12.1 Å². The molecule has 0 saturated carbocycles. The largest absolute Gasteiger partial charge is 0.359 e. The smallest absolute Gasteiger partial charge is 0.221 e. The molecule has 1 unspecified atom stereocenters. The molecular formula is C12H16ClFN2O. The van der Waals surface area contributed by atoms with Crippen LogP contribution in [0.25, 0.3) is 0 Å². The zero-order chi connectivity index (χ0) is 12.8. The molecule has 1 amide bonds. The van der Waals surface area contributed by atoms with Crippen LogP contribution in [0.4, 0.5) is 4.39 Å². The fourth-order valence-corrected chi connectivity index (χ4v) is 1.54. The molecular weight excluding hydrogens is 243 g/mol. The van der Waals surface area contributed by atoms with E-state index < -0.39 is 5.82 Å². The van der Waals surface area contributed by atoms with Gasteiger partial charge in [0.05, 0.1) is 5.02 Å². The summed E-state index contributed by atoms with van der Waals surface area (Å²) >= 11 is 5.60. The highest BCUT2D eigenvalue weighted by molar-refractivity contribution is 6.30. The third-order valence-electron chi connectivity index (χ3n) is 2.53. The topological polar surface area (TPSA) is 41.1 Å². The summed E-state index contributed by atoms with van der Waals surface area (Å²) in [7, 11) is 1.60. The number of hydrogen-bond donors (Lipinski definition) is 2. The molecule has 17 heavy (non-hydrogen) atoms. The summed E-state index contributed by atoms with van der Waals surface area (Å²) < 4.78 is 13.2. The van der Waals surface area contributed by atoms with Crippen LogP contribution in [0.1, 0.15) is 24.9 Å². The minimum Gasteiger partial charge on any atom is -0.359 e. The highest BCUT2D eigenvalue weighted by atomic mass is 35.5. The van der Waals surface area contributed by atoms with Gasteiger partial charge >= 0.3 is 0 Å². The quantitative estimate of drug-likeness (QED) is 0.851. The Bertz CT molecular complexity index is 398. The zero-order valence-electron chi connectivity index (χ0n) is 9.89. The van der Waals surface area contributed by atoms with Crippen LogP contribution in [-0.2, 0) is 4.79 Å². The van der Waals surface area contributed by atoms with Gasteiger partial charge in [0, 0.05) is 26.1 Å². The predicted octanol–water partition coefficient (Wildman–Crippen LogP) is 2.27. The van der Waals surface area contributed by atoms with Crippen molar-refractivity contribution in [1.29, 1.82) is 0 Å². The third kappa shape index (κ3) is 4.32. The van der Waals surface area contributed by atoms with Crippen LogP contribution in [0.2, 0.25) is 5.02 Å². The van der Waals surface area contributed by atoms with Crippen molar-refractivity contribution in [2.45, 2.75) is 19.4 Å². The average Bonchev–Trinajstić information content (AvgIpc) is 2.32. The van der Waals surface area contributed by atoms with Crippen molar-refractivity contribution in [3.05, 3.63) is 34.6 Å². The first-order chi connectivity index (χ1) is 8.04. The highest BCUT2D eigenvalue weighted by Crippen LogP contribution is 2.19. The van der Waals surface area contributed by atoms with Crippen molar-refractivity contribution in [1.82, 2.24) is 10.6 Å². The van der Waals surface area contributed by atoms with Crippen LogP contribution in [0, 0.1) is 5.82 Å². The van der Waals surface area contributed by atoms with Crippen molar-refractivity contribution < 1.29 is 9.18 Å². The van der Waals surface area contributed by atoms with Crippen molar-refractivity contribution in [2.75, 3.05) is 13.6 Å². The van der Waals surface area contributed by atoms with Gasteiger partial charge in [-0.1, -0.05) is 17.7 Å². The lowest BCUT2D eigenvalue weighted by Gasteiger charge is -2.14. The van der Waals surface area contributed by atoms with Crippen LogP contribution in [-0.4, -0.2) is 19.5 Å². The molecule has 0 fully saturated rings. The van der Waals surface area contributed by atoms with Crippen LogP contribution in [0.3, 0.4) is 0 Å². The number of amides is 1. The van der Waals surface area contributed by atoms with Crippen LogP contribution in [0.5, 0.6) is 0 Å². The summed E-state index contributed by atoms with van der Waals surface area (Å²) in [4.78, 5) is 11.0. The number of halogens is 2. The molecule has 94 valence electrons. The molecule has 2 N–H and O–H groups in total. The van der Waals surface area contributed by atoms with Gasteiger partial charge in [0.15, 0.2) is 0 Å². The molecule has 1 atom stereocenters. The fraction of sp³-hybridized carbons (Fsp3) is 0.417. The standard InChI is InChI=1S/C12H16ClFN2O/c1-8(16-6-5-12(17)15-2)9-3-4-10(13)11(14)7-9/h3-4,7-8,16H,5-6H2,1-2H3,(H,15,17). The van der Waals surface area contributed by atoms with E-state index in [9.17, 15) is 9.18 Å². The number of rotatable bonds is 5. The van der Waals surface area contributed by atoms with E-state index in [1.54, 1.807) is 13.1 Å². The summed E-state index contributed by atoms with van der Waals surface area (Å²) in [5.74, 6) is -0.448. The van der Waals surface area contributed by atoms with Gasteiger partial charge in [-0.05, 0) is 24.6 Å². The molecule has 0 heterocycles.